The molecule has 2 N–H and O–H groups in total. The smallest absolute Gasteiger partial charge is 0.270 e. The van der Waals surface area contributed by atoms with Gasteiger partial charge in [-0.1, -0.05) is 6.07 Å². The van der Waals surface area contributed by atoms with Gasteiger partial charge in [-0.3, -0.25) is 14.4 Å². The summed E-state index contributed by atoms with van der Waals surface area (Å²) >= 11 is 0. The van der Waals surface area contributed by atoms with Gasteiger partial charge in [-0.05, 0) is 72.7 Å². The van der Waals surface area contributed by atoms with Crippen LogP contribution in [0.4, 0.5) is 0 Å². The van der Waals surface area contributed by atoms with E-state index in [0.717, 1.165) is 46.6 Å². The Balaban J connectivity index is 0.903. The number of benzene rings is 1. The molecule has 3 aromatic rings. The van der Waals surface area contributed by atoms with Gasteiger partial charge < -0.3 is 20.3 Å². The molecule has 0 radical (unpaired) electrons. The van der Waals surface area contributed by atoms with E-state index in [4.69, 9.17) is 4.74 Å². The highest BCUT2D eigenvalue weighted by Gasteiger charge is 3.09. The van der Waals surface area contributed by atoms with Crippen molar-refractivity contribution in [3.8, 4) is 5.75 Å². The Morgan fingerprint density at radius 3 is 2.56 bits per heavy atom. The first-order valence-corrected chi connectivity index (χ1v) is 13.7. The largest absolute Gasteiger partial charge is 0.486 e. The maximum absolute atomic E-state index is 13.4. The highest BCUT2D eigenvalue weighted by molar-refractivity contribution is 5.98. The van der Waals surface area contributed by atoms with Gasteiger partial charge in [0.05, 0.1) is 6.20 Å². The monoisotopic (exact) mass is 524 g/mol. The zero-order chi connectivity index (χ0) is 26.4. The molecule has 10 nitrogen and oxygen atoms in total. The van der Waals surface area contributed by atoms with E-state index in [2.05, 4.69) is 39.7 Å². The van der Waals surface area contributed by atoms with E-state index in [1.165, 1.54) is 10.6 Å². The summed E-state index contributed by atoms with van der Waals surface area (Å²) in [5.41, 5.74) is 3.40. The summed E-state index contributed by atoms with van der Waals surface area (Å²) in [5.74, 6) is 4.96. The van der Waals surface area contributed by atoms with Gasteiger partial charge in [-0.25, -0.2) is 9.50 Å². The Bertz CT molecular complexity index is 1600. The van der Waals surface area contributed by atoms with Crippen molar-refractivity contribution in [3.63, 3.8) is 0 Å². The molecule has 2 aromatic heterocycles. The number of ether oxygens (including phenoxy) is 1. The van der Waals surface area contributed by atoms with E-state index in [1.807, 2.05) is 18.2 Å². The number of rotatable bonds is 7. The summed E-state index contributed by atoms with van der Waals surface area (Å²) in [6.07, 6.45) is 1.91. The number of aromatic nitrogens is 3. The normalized spacial score (nSPS) is 36.8. The molecule has 6 fully saturated rings. The van der Waals surface area contributed by atoms with Crippen molar-refractivity contribution in [2.24, 2.45) is 40.9 Å². The van der Waals surface area contributed by atoms with Crippen LogP contribution in [0.2, 0.25) is 0 Å². The standard InChI is InChI=1S/C29H28N6O4/c1-34(2)29-23-20-24(29)22-25(29)21(23)28(20,22)12-31-27(38)17-9-16(33-19-5-6-32-35(17)19)26(37)30-10-13-3-4-18-14(7-13)8-15(36)11-39-18/h3-7,9,20-25H,8,10-12H2,1-2H3,(H,30,37)(H,31,38). The summed E-state index contributed by atoms with van der Waals surface area (Å²) < 4.78 is 6.94. The van der Waals surface area contributed by atoms with Crippen LogP contribution in [0.5, 0.6) is 5.75 Å². The van der Waals surface area contributed by atoms with Crippen molar-refractivity contribution in [1.29, 1.82) is 0 Å². The minimum atomic E-state index is -0.381. The van der Waals surface area contributed by atoms with E-state index < -0.39 is 0 Å². The third-order valence-corrected chi connectivity index (χ3v) is 11.3. The fraction of sp³-hybridized carbons (Fsp3) is 0.483. The van der Waals surface area contributed by atoms with E-state index in [1.54, 1.807) is 12.3 Å². The first-order valence-electron chi connectivity index (χ1n) is 13.7. The van der Waals surface area contributed by atoms with Crippen LogP contribution in [0.3, 0.4) is 0 Å². The molecule has 0 atom stereocenters. The quantitative estimate of drug-likeness (QED) is 0.473. The van der Waals surface area contributed by atoms with Gasteiger partial charge in [0.1, 0.15) is 23.7 Å². The van der Waals surface area contributed by atoms with Crippen molar-refractivity contribution in [3.05, 3.63) is 59.0 Å². The predicted molar refractivity (Wildman–Crippen MR) is 137 cm³/mol. The van der Waals surface area contributed by atoms with Crippen LogP contribution >= 0.6 is 0 Å². The zero-order valence-corrected chi connectivity index (χ0v) is 21.7. The molecule has 1 aromatic carbocycles. The summed E-state index contributed by atoms with van der Waals surface area (Å²) in [4.78, 5) is 45.1. The molecule has 0 bridgehead atoms. The number of hydrogen-bond donors (Lipinski definition) is 2. The molecule has 3 heterocycles. The number of carbonyl (C=O) groups excluding carboxylic acids is 3. The van der Waals surface area contributed by atoms with Gasteiger partial charge >= 0.3 is 0 Å². The molecule has 0 spiro atoms. The van der Waals surface area contributed by atoms with Crippen LogP contribution in [-0.4, -0.2) is 69.9 Å². The molecule has 6 saturated carbocycles. The van der Waals surface area contributed by atoms with Crippen molar-refractivity contribution in [2.45, 2.75) is 18.5 Å². The average Bonchev–Trinajstić information content (AvgIpc) is 3.42. The van der Waals surface area contributed by atoms with Crippen LogP contribution in [0, 0.1) is 40.9 Å². The Kier molecular flexibility index (Phi) is 3.88. The molecule has 198 valence electrons. The van der Waals surface area contributed by atoms with Crippen LogP contribution in [-0.2, 0) is 17.8 Å². The molecule has 39 heavy (non-hydrogen) atoms. The second-order valence-corrected chi connectivity index (χ2v) is 12.5. The second kappa shape index (κ2) is 6.85. The van der Waals surface area contributed by atoms with Crippen LogP contribution in [0.15, 0.2) is 36.5 Å². The van der Waals surface area contributed by atoms with Gasteiger partial charge in [0.2, 0.25) is 0 Å². The number of amides is 2. The molecule has 0 saturated heterocycles. The third kappa shape index (κ3) is 2.26. The highest BCUT2D eigenvalue weighted by atomic mass is 16.5. The zero-order valence-electron chi connectivity index (χ0n) is 21.7. The third-order valence-electron chi connectivity index (χ3n) is 11.3. The van der Waals surface area contributed by atoms with Crippen molar-refractivity contribution < 1.29 is 19.1 Å². The fourth-order valence-corrected chi connectivity index (χ4v) is 10.2. The minimum absolute atomic E-state index is 0.0324. The lowest BCUT2D eigenvalue weighted by molar-refractivity contribution is -0.639. The lowest BCUT2D eigenvalue weighted by Gasteiger charge is -3.12. The molecule has 6 aliphatic carbocycles. The van der Waals surface area contributed by atoms with Crippen molar-refractivity contribution in [1.82, 2.24) is 30.1 Å². The molecule has 10 rings (SSSR count). The highest BCUT2D eigenvalue weighted by Crippen LogP contribution is 3.07. The lowest BCUT2D eigenvalue weighted by atomic mass is 8.94. The van der Waals surface area contributed by atoms with E-state index in [0.29, 0.717) is 41.0 Å². The summed E-state index contributed by atoms with van der Waals surface area (Å²) in [7, 11) is 4.46. The first kappa shape index (κ1) is 22.1. The number of nitrogens with zero attached hydrogens (tertiary/aromatic N) is 4. The number of hydrogen-bond acceptors (Lipinski definition) is 7. The molecule has 1 aliphatic heterocycles. The number of nitrogens with one attached hydrogen (secondary N) is 2. The maximum atomic E-state index is 13.4. The van der Waals surface area contributed by atoms with Crippen LogP contribution < -0.4 is 15.4 Å². The van der Waals surface area contributed by atoms with Gasteiger partial charge in [0.25, 0.3) is 11.8 Å². The average molecular weight is 525 g/mol. The number of ketones is 1. The molecule has 10 heteroatoms. The first-order chi connectivity index (χ1) is 18.9. The lowest BCUT2D eigenvalue weighted by Crippen LogP contribution is -3.15. The van der Waals surface area contributed by atoms with E-state index in [-0.39, 0.29) is 36.4 Å². The van der Waals surface area contributed by atoms with Crippen LogP contribution in [0.1, 0.15) is 32.1 Å². The summed E-state index contributed by atoms with van der Waals surface area (Å²) in [5, 5.41) is 10.4. The van der Waals surface area contributed by atoms with Crippen LogP contribution in [0.25, 0.3) is 5.65 Å². The number of carbonyl (C=O) groups is 3. The molecule has 0 unspecified atom stereocenters. The Labute approximate surface area is 224 Å². The minimum Gasteiger partial charge on any atom is -0.486 e. The topological polar surface area (TPSA) is 118 Å². The summed E-state index contributed by atoms with van der Waals surface area (Å²) in [6, 6.07) is 8.78. The van der Waals surface area contributed by atoms with Gasteiger partial charge in [0.15, 0.2) is 11.4 Å². The molecular weight excluding hydrogens is 496 g/mol. The molecular formula is C29H28N6O4. The Hall–Kier alpha value is -3.79. The number of Topliss-reactive ketones (excluding diaryl/α,β-unsaturated/α-hetero) is 1. The second-order valence-electron chi connectivity index (χ2n) is 12.5. The van der Waals surface area contributed by atoms with Crippen molar-refractivity contribution in [2.75, 3.05) is 27.2 Å². The SMILES string of the molecule is CN(C)C12C3C4C1C1C2C3C41CNC(=O)c1cc(C(=O)NCc2ccc3c(c2)CC(=O)CO3)nc2ccnn12. The number of fused-ring (bicyclic) bond motifs is 2. The van der Waals surface area contributed by atoms with Crippen molar-refractivity contribution >= 4 is 23.2 Å². The molecule has 7 aliphatic rings. The van der Waals surface area contributed by atoms with E-state index >= 15 is 0 Å². The van der Waals surface area contributed by atoms with E-state index in [9.17, 15) is 14.4 Å². The van der Waals surface area contributed by atoms with Gasteiger partial charge in [-0.2, -0.15) is 5.10 Å². The Morgan fingerprint density at radius 2 is 1.82 bits per heavy atom. The van der Waals surface area contributed by atoms with Gasteiger partial charge in [0, 0.05) is 42.7 Å². The Morgan fingerprint density at radius 1 is 1.05 bits per heavy atom. The maximum Gasteiger partial charge on any atom is 0.270 e. The fourth-order valence-electron chi connectivity index (χ4n) is 10.2. The predicted octanol–water partition coefficient (Wildman–Crippen LogP) is 0.945. The van der Waals surface area contributed by atoms with Gasteiger partial charge in [-0.15, -0.1) is 0 Å². The molecule has 2 amide bonds. The summed E-state index contributed by atoms with van der Waals surface area (Å²) in [6.45, 7) is 1.07.